The highest BCUT2D eigenvalue weighted by molar-refractivity contribution is 5.96. The lowest BCUT2D eigenvalue weighted by atomic mass is 10.0. The highest BCUT2D eigenvalue weighted by Gasteiger charge is 2.41. The molecule has 0 radical (unpaired) electrons. The molecule has 0 aliphatic carbocycles. The topological polar surface area (TPSA) is 65.8 Å². The van der Waals surface area contributed by atoms with Crippen molar-refractivity contribution in [3.05, 3.63) is 64.1 Å². The van der Waals surface area contributed by atoms with Gasteiger partial charge in [-0.2, -0.15) is 0 Å². The van der Waals surface area contributed by atoms with Gasteiger partial charge in [0.1, 0.15) is 6.17 Å². The maximum atomic E-state index is 12.8. The van der Waals surface area contributed by atoms with E-state index in [2.05, 4.69) is 17.1 Å². The first kappa shape index (κ1) is 15.7. The number of fused-ring (bicyclic) bond motifs is 3. The maximum Gasteiger partial charge on any atom is 0.277 e. The van der Waals surface area contributed by atoms with Crippen LogP contribution < -0.4 is 10.4 Å². The maximum absolute atomic E-state index is 12.8. The number of aromatic nitrogens is 1. The monoisotopic (exact) mass is 339 g/mol. The molecule has 2 aromatic rings. The zero-order valence-electron chi connectivity index (χ0n) is 14.1. The second kappa shape index (κ2) is 5.95. The molecule has 1 aromatic heterocycles. The van der Waals surface area contributed by atoms with E-state index in [1.165, 1.54) is 11.6 Å². The minimum absolute atomic E-state index is 0.0501. The van der Waals surface area contributed by atoms with E-state index < -0.39 is 11.2 Å². The Labute approximate surface area is 145 Å². The molecule has 0 bridgehead atoms. The summed E-state index contributed by atoms with van der Waals surface area (Å²) in [5.74, 6) is -0.793. The summed E-state index contributed by atoms with van der Waals surface area (Å²) in [6.45, 7) is 0. The minimum atomic E-state index is -0.530. The van der Waals surface area contributed by atoms with Crippen LogP contribution in [0.2, 0.25) is 0 Å². The Kier molecular flexibility index (Phi) is 3.75. The zero-order chi connectivity index (χ0) is 17.6. The van der Waals surface area contributed by atoms with Gasteiger partial charge in [0.05, 0.1) is 6.04 Å². The van der Waals surface area contributed by atoms with Crippen LogP contribution in [0.1, 0.15) is 47.8 Å². The lowest BCUT2D eigenvalue weighted by molar-refractivity contribution is 0.0608. The van der Waals surface area contributed by atoms with Crippen molar-refractivity contribution in [2.24, 2.45) is 0 Å². The van der Waals surface area contributed by atoms with Crippen molar-refractivity contribution in [2.45, 2.75) is 37.9 Å². The molecule has 1 fully saturated rings. The van der Waals surface area contributed by atoms with Gasteiger partial charge >= 0.3 is 0 Å². The first-order valence-electron chi connectivity index (χ1n) is 8.65. The van der Waals surface area contributed by atoms with Crippen molar-refractivity contribution in [1.29, 1.82) is 0 Å². The lowest BCUT2D eigenvalue weighted by Gasteiger charge is -2.47. The van der Waals surface area contributed by atoms with Crippen LogP contribution in [0.5, 0.6) is 5.75 Å². The fourth-order valence-electron chi connectivity index (χ4n) is 4.01. The number of carbonyl (C=O) groups excluding carboxylic acids is 1. The molecular formula is C19H21N3O3. The van der Waals surface area contributed by atoms with Gasteiger partial charge < -0.3 is 10.0 Å². The fourth-order valence-corrected chi connectivity index (χ4v) is 4.01. The molecule has 0 spiro atoms. The summed E-state index contributed by atoms with van der Waals surface area (Å²) in [6, 6.07) is 11.6. The van der Waals surface area contributed by atoms with Gasteiger partial charge in [-0.3, -0.25) is 19.3 Å². The van der Waals surface area contributed by atoms with Gasteiger partial charge in [0.2, 0.25) is 5.43 Å². The molecule has 1 saturated heterocycles. The second-order valence-corrected chi connectivity index (χ2v) is 6.71. The van der Waals surface area contributed by atoms with Gasteiger partial charge in [0, 0.05) is 19.3 Å². The molecule has 4 rings (SSSR count). The van der Waals surface area contributed by atoms with E-state index in [0.29, 0.717) is 0 Å². The normalized spacial score (nSPS) is 23.0. The molecular weight excluding hydrogens is 318 g/mol. The van der Waals surface area contributed by atoms with Crippen molar-refractivity contribution in [3.63, 3.8) is 0 Å². The summed E-state index contributed by atoms with van der Waals surface area (Å²) < 4.78 is 1.69. The van der Waals surface area contributed by atoms with Crippen molar-refractivity contribution >= 4 is 5.91 Å². The standard InChI is InChI=1S/C19H21N3O3/c1-20-16-10-6-5-9-14(13-7-3-2-4-8-13)22(16)21-12-11-15(23)18(24)17(21)19(20)25/h2-4,7-8,11-12,14,16,24H,5-6,9-10H2,1H3. The number of hydrogen-bond donors (Lipinski definition) is 1. The molecule has 1 aromatic carbocycles. The molecule has 1 N–H and O–H groups in total. The summed E-state index contributed by atoms with van der Waals surface area (Å²) in [5, 5.41) is 12.4. The van der Waals surface area contributed by atoms with E-state index >= 15 is 0 Å². The van der Waals surface area contributed by atoms with Gasteiger partial charge in [-0.1, -0.05) is 36.8 Å². The van der Waals surface area contributed by atoms with Crippen LogP contribution in [-0.4, -0.2) is 33.8 Å². The number of rotatable bonds is 1. The number of pyridine rings is 1. The van der Waals surface area contributed by atoms with E-state index in [1.54, 1.807) is 22.8 Å². The summed E-state index contributed by atoms with van der Waals surface area (Å²) in [6.07, 6.45) is 5.41. The fraction of sp³-hybridized carbons (Fsp3) is 0.368. The van der Waals surface area contributed by atoms with Gasteiger partial charge in [0.15, 0.2) is 11.4 Å². The molecule has 2 aliphatic heterocycles. The number of hydrogen-bond acceptors (Lipinski definition) is 4. The Bertz CT molecular complexity index is 862. The van der Waals surface area contributed by atoms with Crippen molar-refractivity contribution in [1.82, 2.24) is 9.58 Å². The molecule has 3 heterocycles. The van der Waals surface area contributed by atoms with Crippen LogP contribution in [0.15, 0.2) is 47.4 Å². The molecule has 2 atom stereocenters. The van der Waals surface area contributed by atoms with E-state index in [-0.39, 0.29) is 23.8 Å². The first-order chi connectivity index (χ1) is 12.1. The van der Waals surface area contributed by atoms with E-state index in [9.17, 15) is 14.7 Å². The summed E-state index contributed by atoms with van der Waals surface area (Å²) in [7, 11) is 1.74. The Morgan fingerprint density at radius 2 is 1.76 bits per heavy atom. The summed E-state index contributed by atoms with van der Waals surface area (Å²) in [4.78, 5) is 26.3. The highest BCUT2D eigenvalue weighted by Crippen LogP contribution is 2.36. The SMILES string of the molecule is CN1C(=O)c2c(O)c(=O)ccn2N2C(c3ccccc3)CCCCC12. The van der Waals surface area contributed by atoms with Gasteiger partial charge in [-0.25, -0.2) is 0 Å². The highest BCUT2D eigenvalue weighted by atomic mass is 16.3. The lowest BCUT2D eigenvalue weighted by Crippen LogP contribution is -2.60. The molecule has 130 valence electrons. The zero-order valence-corrected chi connectivity index (χ0v) is 14.1. The third-order valence-electron chi connectivity index (χ3n) is 5.27. The molecule has 2 unspecified atom stereocenters. The Morgan fingerprint density at radius 3 is 2.52 bits per heavy atom. The summed E-state index contributed by atoms with van der Waals surface area (Å²) in [5.41, 5.74) is 0.688. The van der Waals surface area contributed by atoms with Crippen molar-refractivity contribution in [3.8, 4) is 5.75 Å². The minimum Gasteiger partial charge on any atom is -0.502 e. The quantitative estimate of drug-likeness (QED) is 0.865. The number of aromatic hydroxyl groups is 1. The van der Waals surface area contributed by atoms with Gasteiger partial charge in [0.25, 0.3) is 5.91 Å². The third-order valence-corrected chi connectivity index (χ3v) is 5.27. The number of amides is 1. The van der Waals surface area contributed by atoms with Crippen molar-refractivity contribution in [2.75, 3.05) is 12.1 Å². The number of benzene rings is 1. The van der Waals surface area contributed by atoms with Gasteiger partial charge in [-0.05, 0) is 24.8 Å². The van der Waals surface area contributed by atoms with Crippen LogP contribution in [0.25, 0.3) is 0 Å². The second-order valence-electron chi connectivity index (χ2n) is 6.71. The van der Waals surface area contributed by atoms with E-state index in [0.717, 1.165) is 25.7 Å². The smallest absolute Gasteiger partial charge is 0.277 e. The van der Waals surface area contributed by atoms with E-state index in [1.807, 2.05) is 18.2 Å². The van der Waals surface area contributed by atoms with Crippen LogP contribution >= 0.6 is 0 Å². The average Bonchev–Trinajstić information content (AvgIpc) is 2.86. The molecule has 2 aliphatic rings. The molecule has 0 saturated carbocycles. The first-order valence-corrected chi connectivity index (χ1v) is 8.65. The molecule has 25 heavy (non-hydrogen) atoms. The number of carbonyl (C=O) groups is 1. The molecule has 6 heteroatoms. The Balaban J connectivity index is 1.93. The average molecular weight is 339 g/mol. The largest absolute Gasteiger partial charge is 0.502 e. The number of nitrogens with zero attached hydrogens (tertiary/aromatic N) is 3. The molecule has 6 nitrogen and oxygen atoms in total. The Morgan fingerprint density at radius 1 is 1.04 bits per heavy atom. The molecule has 1 amide bonds. The van der Waals surface area contributed by atoms with E-state index in [4.69, 9.17) is 0 Å². The van der Waals surface area contributed by atoms with Crippen LogP contribution in [0.4, 0.5) is 0 Å². The Hall–Kier alpha value is -2.76. The van der Waals surface area contributed by atoms with Crippen LogP contribution in [0, 0.1) is 0 Å². The predicted molar refractivity (Wildman–Crippen MR) is 94.1 cm³/mol. The van der Waals surface area contributed by atoms with Crippen LogP contribution in [0.3, 0.4) is 0 Å². The summed E-state index contributed by atoms with van der Waals surface area (Å²) >= 11 is 0. The van der Waals surface area contributed by atoms with Crippen molar-refractivity contribution < 1.29 is 9.90 Å². The van der Waals surface area contributed by atoms with Gasteiger partial charge in [-0.15, -0.1) is 0 Å². The third kappa shape index (κ3) is 2.40. The van der Waals surface area contributed by atoms with Crippen LogP contribution in [-0.2, 0) is 0 Å². The predicted octanol–water partition coefficient (Wildman–Crippen LogP) is 2.22.